The second-order valence-electron chi connectivity index (χ2n) is 5.48. The molecule has 0 aromatic carbocycles. The van der Waals surface area contributed by atoms with E-state index >= 15 is 0 Å². The van der Waals surface area contributed by atoms with Gasteiger partial charge in [-0.3, -0.25) is 0 Å². The van der Waals surface area contributed by atoms with Crippen molar-refractivity contribution in [1.29, 1.82) is 0 Å². The van der Waals surface area contributed by atoms with Gasteiger partial charge in [0.15, 0.2) is 0 Å². The van der Waals surface area contributed by atoms with Crippen molar-refractivity contribution in [2.24, 2.45) is 5.92 Å². The summed E-state index contributed by atoms with van der Waals surface area (Å²) < 4.78 is 10.9. The van der Waals surface area contributed by atoms with E-state index < -0.39 is 0 Å². The zero-order valence-corrected chi connectivity index (χ0v) is 12.8. The lowest BCUT2D eigenvalue weighted by Gasteiger charge is -2.16. The summed E-state index contributed by atoms with van der Waals surface area (Å²) in [5.74, 6) is 0.878. The monoisotopic (exact) mass is 272 g/mol. The number of hydrogen-bond acceptors (Lipinski definition) is 4. The molecule has 0 bridgehead atoms. The van der Waals surface area contributed by atoms with Crippen LogP contribution in [0.1, 0.15) is 32.6 Å². The Kier molecular flexibility index (Phi) is 10.4. The Morgan fingerprint density at radius 3 is 2.63 bits per heavy atom. The fourth-order valence-electron chi connectivity index (χ4n) is 1.86. The van der Waals surface area contributed by atoms with Gasteiger partial charge in [-0.25, -0.2) is 0 Å². The highest BCUT2D eigenvalue weighted by atomic mass is 16.5. The smallest absolute Gasteiger partial charge is 0.0593 e. The lowest BCUT2D eigenvalue weighted by atomic mass is 10.3. The van der Waals surface area contributed by atoms with E-state index in [-0.39, 0.29) is 0 Å². The Morgan fingerprint density at radius 1 is 1.05 bits per heavy atom. The first-order valence-electron chi connectivity index (χ1n) is 7.87. The molecule has 114 valence electrons. The standard InChI is InChI=1S/C15H32N2O2/c1-3-18-12-5-4-8-16-9-10-17(2)11-13-19-14-15-6-7-15/h15-16H,3-14H2,1-2H3. The van der Waals surface area contributed by atoms with E-state index in [1.54, 1.807) is 0 Å². The van der Waals surface area contributed by atoms with Crippen molar-refractivity contribution in [3.8, 4) is 0 Å². The average molecular weight is 272 g/mol. The second-order valence-corrected chi connectivity index (χ2v) is 5.48. The predicted molar refractivity (Wildman–Crippen MR) is 79.6 cm³/mol. The van der Waals surface area contributed by atoms with Crippen molar-refractivity contribution >= 4 is 0 Å². The van der Waals surface area contributed by atoms with Crippen LogP contribution in [0.15, 0.2) is 0 Å². The number of hydrogen-bond donors (Lipinski definition) is 1. The van der Waals surface area contributed by atoms with Gasteiger partial charge < -0.3 is 19.7 Å². The highest BCUT2D eigenvalue weighted by Gasteiger charge is 2.20. The maximum atomic E-state index is 5.63. The molecule has 0 atom stereocenters. The van der Waals surface area contributed by atoms with E-state index in [1.165, 1.54) is 19.3 Å². The molecule has 0 aliphatic heterocycles. The molecule has 4 nitrogen and oxygen atoms in total. The van der Waals surface area contributed by atoms with E-state index in [0.29, 0.717) is 0 Å². The molecule has 1 rings (SSSR count). The Morgan fingerprint density at radius 2 is 1.89 bits per heavy atom. The van der Waals surface area contributed by atoms with Gasteiger partial charge in [-0.15, -0.1) is 0 Å². The Balaban J connectivity index is 1.72. The zero-order chi connectivity index (χ0) is 13.8. The lowest BCUT2D eigenvalue weighted by Crippen LogP contribution is -2.32. The van der Waals surface area contributed by atoms with Crippen LogP contribution < -0.4 is 5.32 Å². The van der Waals surface area contributed by atoms with Gasteiger partial charge in [0.05, 0.1) is 6.61 Å². The normalized spacial score (nSPS) is 15.3. The van der Waals surface area contributed by atoms with Gasteiger partial charge >= 0.3 is 0 Å². The van der Waals surface area contributed by atoms with Crippen molar-refractivity contribution < 1.29 is 9.47 Å². The Bertz CT molecular complexity index is 199. The van der Waals surface area contributed by atoms with Gasteiger partial charge in [-0.05, 0) is 52.1 Å². The van der Waals surface area contributed by atoms with Crippen molar-refractivity contribution in [2.75, 3.05) is 59.7 Å². The van der Waals surface area contributed by atoms with Crippen molar-refractivity contribution in [2.45, 2.75) is 32.6 Å². The molecular weight excluding hydrogens is 240 g/mol. The van der Waals surface area contributed by atoms with Crippen molar-refractivity contribution in [3.63, 3.8) is 0 Å². The molecule has 19 heavy (non-hydrogen) atoms. The van der Waals surface area contributed by atoms with Crippen LogP contribution in [0.25, 0.3) is 0 Å². The highest BCUT2D eigenvalue weighted by molar-refractivity contribution is 4.72. The first kappa shape index (κ1) is 16.9. The molecule has 4 heteroatoms. The summed E-state index contributed by atoms with van der Waals surface area (Å²) in [6.07, 6.45) is 5.12. The molecule has 0 saturated heterocycles. The average Bonchev–Trinajstić information content (AvgIpc) is 3.22. The summed E-state index contributed by atoms with van der Waals surface area (Å²) in [6.45, 7) is 9.93. The summed E-state index contributed by atoms with van der Waals surface area (Å²) in [7, 11) is 2.16. The molecule has 1 N–H and O–H groups in total. The number of ether oxygens (including phenoxy) is 2. The minimum absolute atomic E-state index is 0.834. The number of likely N-dealkylation sites (N-methyl/N-ethyl adjacent to an activating group) is 1. The van der Waals surface area contributed by atoms with Crippen LogP contribution in [0, 0.1) is 5.92 Å². The summed E-state index contributed by atoms with van der Waals surface area (Å²) in [5, 5.41) is 3.47. The van der Waals surface area contributed by atoms with Gasteiger partial charge in [0.2, 0.25) is 0 Å². The second kappa shape index (κ2) is 11.6. The van der Waals surface area contributed by atoms with Gasteiger partial charge in [0.1, 0.15) is 0 Å². The first-order chi connectivity index (χ1) is 9.33. The van der Waals surface area contributed by atoms with Crippen molar-refractivity contribution in [3.05, 3.63) is 0 Å². The molecule has 0 radical (unpaired) electrons. The predicted octanol–water partition coefficient (Wildman–Crippen LogP) is 1.75. The fourth-order valence-corrected chi connectivity index (χ4v) is 1.86. The molecule has 1 aliphatic carbocycles. The number of unbranched alkanes of at least 4 members (excludes halogenated alkanes) is 1. The molecular formula is C15H32N2O2. The largest absolute Gasteiger partial charge is 0.382 e. The minimum Gasteiger partial charge on any atom is -0.382 e. The van der Waals surface area contributed by atoms with Crippen LogP contribution in [0.5, 0.6) is 0 Å². The van der Waals surface area contributed by atoms with Gasteiger partial charge in [0, 0.05) is 39.5 Å². The van der Waals surface area contributed by atoms with E-state index in [0.717, 1.165) is 64.9 Å². The molecule has 1 fully saturated rings. The number of rotatable bonds is 14. The molecule has 1 saturated carbocycles. The number of nitrogens with one attached hydrogen (secondary N) is 1. The molecule has 0 heterocycles. The van der Waals surface area contributed by atoms with Crippen LogP contribution in [0.4, 0.5) is 0 Å². The highest BCUT2D eigenvalue weighted by Crippen LogP contribution is 2.28. The lowest BCUT2D eigenvalue weighted by molar-refractivity contribution is 0.103. The topological polar surface area (TPSA) is 33.7 Å². The molecule has 0 aromatic rings. The molecule has 0 spiro atoms. The molecule has 0 aromatic heterocycles. The minimum atomic E-state index is 0.834. The van der Waals surface area contributed by atoms with E-state index in [9.17, 15) is 0 Å². The Hall–Kier alpha value is -0.160. The van der Waals surface area contributed by atoms with Crippen LogP contribution in [0.3, 0.4) is 0 Å². The van der Waals surface area contributed by atoms with E-state index in [4.69, 9.17) is 9.47 Å². The van der Waals surface area contributed by atoms with Gasteiger partial charge in [-0.2, -0.15) is 0 Å². The molecule has 1 aliphatic rings. The molecule has 0 unspecified atom stereocenters. The van der Waals surface area contributed by atoms with E-state index in [2.05, 4.69) is 17.3 Å². The first-order valence-corrected chi connectivity index (χ1v) is 7.87. The van der Waals surface area contributed by atoms with E-state index in [1.807, 2.05) is 6.92 Å². The van der Waals surface area contributed by atoms with Crippen LogP contribution in [-0.2, 0) is 9.47 Å². The van der Waals surface area contributed by atoms with Crippen LogP contribution in [0.2, 0.25) is 0 Å². The Labute approximate surface area is 118 Å². The maximum Gasteiger partial charge on any atom is 0.0593 e. The SMILES string of the molecule is CCOCCCCNCCN(C)CCOCC1CC1. The van der Waals surface area contributed by atoms with Gasteiger partial charge in [-0.1, -0.05) is 0 Å². The number of nitrogens with zero attached hydrogens (tertiary/aromatic N) is 1. The summed E-state index contributed by atoms with van der Waals surface area (Å²) >= 11 is 0. The summed E-state index contributed by atoms with van der Waals surface area (Å²) in [6, 6.07) is 0. The van der Waals surface area contributed by atoms with Gasteiger partial charge in [0.25, 0.3) is 0 Å². The quantitative estimate of drug-likeness (QED) is 0.489. The van der Waals surface area contributed by atoms with Crippen LogP contribution in [-0.4, -0.2) is 64.6 Å². The van der Waals surface area contributed by atoms with Crippen LogP contribution >= 0.6 is 0 Å². The van der Waals surface area contributed by atoms with Crippen molar-refractivity contribution in [1.82, 2.24) is 10.2 Å². The maximum absolute atomic E-state index is 5.63. The summed E-state index contributed by atoms with van der Waals surface area (Å²) in [5.41, 5.74) is 0. The third-order valence-corrected chi connectivity index (χ3v) is 3.43. The summed E-state index contributed by atoms with van der Waals surface area (Å²) in [4.78, 5) is 2.33. The third kappa shape index (κ3) is 11.4. The third-order valence-electron chi connectivity index (χ3n) is 3.43. The zero-order valence-electron chi connectivity index (χ0n) is 12.8. The molecule has 0 amide bonds. The fraction of sp³-hybridized carbons (Fsp3) is 1.00.